The van der Waals surface area contributed by atoms with Crippen molar-refractivity contribution in [2.75, 3.05) is 34.4 Å². The molecule has 0 bridgehead atoms. The van der Waals surface area contributed by atoms with E-state index >= 15 is 0 Å². The molecule has 1 amide bonds. The van der Waals surface area contributed by atoms with Crippen LogP contribution in [0.25, 0.3) is 6.08 Å². The maximum absolute atomic E-state index is 12.2. The third-order valence-corrected chi connectivity index (χ3v) is 4.08. The number of nitrogens with zero attached hydrogens (tertiary/aromatic N) is 1. The highest BCUT2D eigenvalue weighted by Gasteiger charge is 2.21. The summed E-state index contributed by atoms with van der Waals surface area (Å²) in [5.41, 5.74) is 0.786. The van der Waals surface area contributed by atoms with E-state index in [4.69, 9.17) is 21.1 Å². The number of hydrogen-bond acceptors (Lipinski definition) is 4. The van der Waals surface area contributed by atoms with Gasteiger partial charge < -0.3 is 19.7 Å². The number of rotatable bonds is 5. The van der Waals surface area contributed by atoms with E-state index in [-0.39, 0.29) is 11.9 Å². The molecule has 2 rings (SSSR count). The van der Waals surface area contributed by atoms with Crippen LogP contribution in [-0.4, -0.2) is 51.2 Å². The average molecular weight is 325 g/mol. The molecule has 1 fully saturated rings. The predicted octanol–water partition coefficient (Wildman–Crippen LogP) is 2.19. The van der Waals surface area contributed by atoms with Crippen molar-refractivity contribution in [1.82, 2.24) is 10.2 Å². The second kappa shape index (κ2) is 7.51. The van der Waals surface area contributed by atoms with Crippen LogP contribution in [0, 0.1) is 0 Å². The molecule has 6 heteroatoms. The maximum Gasteiger partial charge on any atom is 0.246 e. The Bertz CT molecular complexity index is 569. The number of nitrogens with one attached hydrogen (secondary N) is 1. The second-order valence-corrected chi connectivity index (χ2v) is 5.57. The zero-order chi connectivity index (χ0) is 16.1. The van der Waals surface area contributed by atoms with Crippen LogP contribution in [0.1, 0.15) is 12.0 Å². The van der Waals surface area contributed by atoms with E-state index in [1.165, 1.54) is 7.11 Å². The van der Waals surface area contributed by atoms with Gasteiger partial charge in [0, 0.05) is 25.7 Å². The van der Waals surface area contributed by atoms with Crippen molar-refractivity contribution in [3.05, 3.63) is 28.8 Å². The van der Waals surface area contributed by atoms with Crippen LogP contribution in [0.5, 0.6) is 11.5 Å². The number of benzene rings is 1. The van der Waals surface area contributed by atoms with E-state index in [9.17, 15) is 4.79 Å². The molecule has 1 aliphatic heterocycles. The molecule has 0 radical (unpaired) electrons. The molecule has 1 unspecified atom stereocenters. The Balaban J connectivity index is 2.12. The van der Waals surface area contributed by atoms with Crippen molar-refractivity contribution >= 4 is 23.6 Å². The van der Waals surface area contributed by atoms with Crippen molar-refractivity contribution in [2.45, 2.75) is 12.5 Å². The minimum atomic E-state index is -0.0281. The lowest BCUT2D eigenvalue weighted by atomic mass is 10.1. The van der Waals surface area contributed by atoms with Gasteiger partial charge in [0.2, 0.25) is 5.91 Å². The fraction of sp³-hybridized carbons (Fsp3) is 0.438. The van der Waals surface area contributed by atoms with Crippen LogP contribution in [0.3, 0.4) is 0 Å². The number of likely N-dealkylation sites (N-methyl/N-ethyl adjacent to an activating group) is 1. The molecule has 1 aliphatic rings. The molecular formula is C16H21ClN2O3. The van der Waals surface area contributed by atoms with Gasteiger partial charge >= 0.3 is 0 Å². The first-order chi connectivity index (χ1) is 10.6. The number of halogens is 1. The lowest BCUT2D eigenvalue weighted by Gasteiger charge is -2.22. The largest absolute Gasteiger partial charge is 0.493 e. The summed E-state index contributed by atoms with van der Waals surface area (Å²) >= 11 is 6.15. The van der Waals surface area contributed by atoms with Crippen molar-refractivity contribution < 1.29 is 14.3 Å². The Morgan fingerprint density at radius 3 is 2.77 bits per heavy atom. The van der Waals surface area contributed by atoms with Crippen molar-refractivity contribution in [2.24, 2.45) is 0 Å². The molecule has 1 aromatic rings. The van der Waals surface area contributed by atoms with Gasteiger partial charge in [0.15, 0.2) is 11.5 Å². The van der Waals surface area contributed by atoms with Gasteiger partial charge in [-0.3, -0.25) is 4.79 Å². The molecular weight excluding hydrogens is 304 g/mol. The third kappa shape index (κ3) is 3.72. The summed E-state index contributed by atoms with van der Waals surface area (Å²) < 4.78 is 10.4. The van der Waals surface area contributed by atoms with E-state index in [0.29, 0.717) is 16.5 Å². The molecule has 22 heavy (non-hydrogen) atoms. The summed E-state index contributed by atoms with van der Waals surface area (Å²) in [4.78, 5) is 14.0. The zero-order valence-corrected chi connectivity index (χ0v) is 13.8. The first-order valence-electron chi connectivity index (χ1n) is 7.14. The molecule has 0 aromatic heterocycles. The molecule has 0 aliphatic carbocycles. The van der Waals surface area contributed by atoms with E-state index in [2.05, 4.69) is 5.32 Å². The number of methoxy groups -OCH3 is 2. The normalized spacial score (nSPS) is 17.7. The number of ether oxygens (including phenoxy) is 2. The highest BCUT2D eigenvalue weighted by atomic mass is 35.5. The van der Waals surface area contributed by atoms with Crippen LogP contribution in [-0.2, 0) is 4.79 Å². The monoisotopic (exact) mass is 324 g/mol. The van der Waals surface area contributed by atoms with Crippen LogP contribution in [0.2, 0.25) is 5.02 Å². The fourth-order valence-corrected chi connectivity index (χ4v) is 2.77. The summed E-state index contributed by atoms with van der Waals surface area (Å²) in [7, 11) is 4.91. The van der Waals surface area contributed by atoms with E-state index in [1.807, 2.05) is 7.05 Å². The number of amides is 1. The minimum absolute atomic E-state index is 0.0281. The molecule has 5 nitrogen and oxygen atoms in total. The average Bonchev–Trinajstić information content (AvgIpc) is 3.05. The van der Waals surface area contributed by atoms with Gasteiger partial charge in [-0.2, -0.15) is 0 Å². The molecule has 1 saturated heterocycles. The minimum Gasteiger partial charge on any atom is -0.493 e. The Morgan fingerprint density at radius 2 is 2.18 bits per heavy atom. The molecule has 1 aromatic carbocycles. The topological polar surface area (TPSA) is 50.8 Å². The summed E-state index contributed by atoms with van der Waals surface area (Å²) in [5.74, 6) is 0.997. The molecule has 1 N–H and O–H groups in total. The summed E-state index contributed by atoms with van der Waals surface area (Å²) in [6.45, 7) is 1.80. The van der Waals surface area contributed by atoms with Gasteiger partial charge in [-0.1, -0.05) is 11.6 Å². The zero-order valence-electron chi connectivity index (χ0n) is 13.1. The SMILES string of the molecule is COc1cc(/C=C/C(=O)N(C)C2CCNC2)cc(Cl)c1OC. The van der Waals surface area contributed by atoms with Gasteiger partial charge in [-0.15, -0.1) is 0 Å². The first kappa shape index (κ1) is 16.6. The van der Waals surface area contributed by atoms with Gasteiger partial charge in [0.25, 0.3) is 0 Å². The first-order valence-corrected chi connectivity index (χ1v) is 7.51. The van der Waals surface area contributed by atoms with Crippen LogP contribution in [0.4, 0.5) is 0 Å². The van der Waals surface area contributed by atoms with Crippen LogP contribution < -0.4 is 14.8 Å². The highest BCUT2D eigenvalue weighted by molar-refractivity contribution is 6.32. The van der Waals surface area contributed by atoms with E-state index in [1.54, 1.807) is 36.3 Å². The molecule has 0 saturated carbocycles. The highest BCUT2D eigenvalue weighted by Crippen LogP contribution is 2.36. The van der Waals surface area contributed by atoms with Crippen LogP contribution in [0.15, 0.2) is 18.2 Å². The molecule has 1 heterocycles. The number of hydrogen-bond donors (Lipinski definition) is 1. The number of carbonyl (C=O) groups is 1. The molecule has 120 valence electrons. The third-order valence-electron chi connectivity index (χ3n) is 3.80. The number of carbonyl (C=O) groups excluding carboxylic acids is 1. The smallest absolute Gasteiger partial charge is 0.246 e. The second-order valence-electron chi connectivity index (χ2n) is 5.17. The van der Waals surface area contributed by atoms with Gasteiger partial charge in [-0.25, -0.2) is 0 Å². The predicted molar refractivity (Wildman–Crippen MR) is 87.6 cm³/mol. The van der Waals surface area contributed by atoms with Gasteiger partial charge in [0.1, 0.15) is 0 Å². The maximum atomic E-state index is 12.2. The summed E-state index contributed by atoms with van der Waals surface area (Å²) in [6, 6.07) is 3.78. The van der Waals surface area contributed by atoms with Crippen molar-refractivity contribution in [3.63, 3.8) is 0 Å². The van der Waals surface area contributed by atoms with Gasteiger partial charge in [0.05, 0.1) is 19.2 Å². The van der Waals surface area contributed by atoms with E-state index in [0.717, 1.165) is 25.1 Å². The van der Waals surface area contributed by atoms with Crippen molar-refractivity contribution in [3.8, 4) is 11.5 Å². The molecule has 0 spiro atoms. The lowest BCUT2D eigenvalue weighted by molar-refractivity contribution is -0.126. The lowest BCUT2D eigenvalue weighted by Crippen LogP contribution is -2.37. The summed E-state index contributed by atoms with van der Waals surface area (Å²) in [5, 5.41) is 3.70. The van der Waals surface area contributed by atoms with E-state index < -0.39 is 0 Å². The standard InChI is InChI=1S/C16H21ClN2O3/c1-19(12-6-7-18-10-12)15(20)5-4-11-8-13(17)16(22-3)14(9-11)21-2/h4-5,8-9,12,18H,6-7,10H2,1-3H3/b5-4+. The Labute approximate surface area is 135 Å². The van der Waals surface area contributed by atoms with Crippen molar-refractivity contribution in [1.29, 1.82) is 0 Å². The Kier molecular flexibility index (Phi) is 5.69. The Morgan fingerprint density at radius 1 is 1.41 bits per heavy atom. The molecule has 1 atom stereocenters. The Hall–Kier alpha value is -1.72. The van der Waals surface area contributed by atoms with Crippen LogP contribution >= 0.6 is 11.6 Å². The fourth-order valence-electron chi connectivity index (χ4n) is 2.47. The quantitative estimate of drug-likeness (QED) is 0.844. The summed E-state index contributed by atoms with van der Waals surface area (Å²) in [6.07, 6.45) is 4.27. The van der Waals surface area contributed by atoms with Gasteiger partial charge in [-0.05, 0) is 36.7 Å².